The number of aromatic nitrogens is 1. The number of pyridine rings is 1. The molecule has 2 aromatic heterocycles. The first kappa shape index (κ1) is 42.1. The zero-order valence-electron chi connectivity index (χ0n) is 32.4. The van der Waals surface area contributed by atoms with Crippen LogP contribution >= 0.6 is 0 Å². The summed E-state index contributed by atoms with van der Waals surface area (Å²) >= 11 is 0. The summed E-state index contributed by atoms with van der Waals surface area (Å²) in [6.45, 7) is 22.0. The van der Waals surface area contributed by atoms with Crippen molar-refractivity contribution in [2.45, 2.75) is 113 Å². The summed E-state index contributed by atoms with van der Waals surface area (Å²) in [6.07, 6.45) is 9.01. The van der Waals surface area contributed by atoms with Gasteiger partial charge in [-0.25, -0.2) is 0 Å². The van der Waals surface area contributed by atoms with Gasteiger partial charge in [0.15, 0.2) is 5.78 Å². The van der Waals surface area contributed by atoms with E-state index in [4.69, 9.17) is 9.40 Å². The van der Waals surface area contributed by atoms with Crippen LogP contribution in [0.1, 0.15) is 97.1 Å². The zero-order chi connectivity index (χ0) is 36.6. The fraction of sp³-hybridized carbons (Fsp3) is 0.422. The molecule has 0 amide bonds. The quantitative estimate of drug-likeness (QED) is 0.0554. The molecule has 1 N–H and O–H groups in total. The zero-order valence-corrected chi connectivity index (χ0v) is 35.8. The molecule has 5 aromatic rings. The summed E-state index contributed by atoms with van der Waals surface area (Å²) in [5.74, 6) is 1.95. The van der Waals surface area contributed by atoms with Crippen molar-refractivity contribution in [1.29, 1.82) is 0 Å². The molecule has 51 heavy (non-hydrogen) atoms. The molecule has 275 valence electrons. The van der Waals surface area contributed by atoms with Gasteiger partial charge < -0.3 is 9.52 Å². The minimum atomic E-state index is -1.36. The van der Waals surface area contributed by atoms with Crippen molar-refractivity contribution in [1.82, 2.24) is 4.98 Å². The van der Waals surface area contributed by atoms with E-state index in [2.05, 4.69) is 101 Å². The number of hydrogen-bond acceptors (Lipinski definition) is 4. The van der Waals surface area contributed by atoms with Gasteiger partial charge in [0.05, 0.1) is 13.8 Å². The van der Waals surface area contributed by atoms with Gasteiger partial charge in [0.25, 0.3) is 0 Å². The Morgan fingerprint density at radius 1 is 0.863 bits per heavy atom. The first-order chi connectivity index (χ1) is 23.9. The standard InChI is InChI=1S/C32H34NOSi.C13H24O2.Ir/c1-7-22(8-2)29-19-25(18-23-11-9-10-12-28(23)29)31-32-24(15-16-33-31)20-30(34-32)27-14-13-26(17-21(27)3)35(4,5)6;1-5-10(6-2)12(14)9-13(15)11(7-3)8-4;/h9-17,19-20,22H,7-8H2,1-6H3;9-11,14H,5-8H2,1-4H3;/q-1;;/b;12-9-;. The maximum Gasteiger partial charge on any atom is 0.162 e. The Morgan fingerprint density at radius 3 is 2.10 bits per heavy atom. The van der Waals surface area contributed by atoms with Gasteiger partial charge in [-0.3, -0.25) is 9.78 Å². The number of aryl methyl sites for hydroxylation is 1. The molecule has 0 saturated heterocycles. The molecule has 0 aliphatic carbocycles. The monoisotopic (exact) mass is 881 g/mol. The fourth-order valence-electron chi connectivity index (χ4n) is 6.93. The van der Waals surface area contributed by atoms with Crippen LogP contribution in [0.25, 0.3) is 44.3 Å². The molecule has 5 rings (SSSR count). The van der Waals surface area contributed by atoms with Crippen molar-refractivity contribution in [3.8, 4) is 22.6 Å². The van der Waals surface area contributed by atoms with Crippen LogP contribution in [-0.2, 0) is 24.9 Å². The molecule has 6 heteroatoms. The summed E-state index contributed by atoms with van der Waals surface area (Å²) < 4.78 is 6.54. The number of furan rings is 1. The molecule has 0 fully saturated rings. The summed E-state index contributed by atoms with van der Waals surface area (Å²) in [7, 11) is -1.36. The van der Waals surface area contributed by atoms with E-state index in [0.717, 1.165) is 77.5 Å². The molecule has 0 saturated carbocycles. The summed E-state index contributed by atoms with van der Waals surface area (Å²) in [4.78, 5) is 16.5. The third-order valence-corrected chi connectivity index (χ3v) is 12.4. The molecule has 0 aliphatic rings. The van der Waals surface area contributed by atoms with Gasteiger partial charge in [0.2, 0.25) is 0 Å². The molecule has 0 bridgehead atoms. The minimum Gasteiger partial charge on any atom is -0.512 e. The summed E-state index contributed by atoms with van der Waals surface area (Å²) in [5, 5.41) is 14.7. The number of fused-ring (bicyclic) bond motifs is 2. The Labute approximate surface area is 321 Å². The Balaban J connectivity index is 0.000000374. The fourth-order valence-corrected chi connectivity index (χ4v) is 8.16. The van der Waals surface area contributed by atoms with E-state index in [-0.39, 0.29) is 43.5 Å². The van der Waals surface area contributed by atoms with Crippen LogP contribution in [0.15, 0.2) is 83.1 Å². The Morgan fingerprint density at radius 2 is 1.51 bits per heavy atom. The Kier molecular flexibility index (Phi) is 15.7. The first-order valence-electron chi connectivity index (χ1n) is 18.8. The second kappa shape index (κ2) is 19.0. The van der Waals surface area contributed by atoms with Gasteiger partial charge in [-0.2, -0.15) is 0 Å². The molecule has 0 atom stereocenters. The minimum absolute atomic E-state index is 0. The molecule has 1 radical (unpaired) electrons. The predicted octanol–water partition coefficient (Wildman–Crippen LogP) is 12.7. The average Bonchev–Trinajstić information content (AvgIpc) is 3.54. The van der Waals surface area contributed by atoms with Gasteiger partial charge in [0, 0.05) is 60.9 Å². The number of carbonyl (C=O) groups excluding carboxylic acids is 1. The summed E-state index contributed by atoms with van der Waals surface area (Å²) in [6, 6.07) is 25.6. The van der Waals surface area contributed by atoms with Gasteiger partial charge in [-0.05, 0) is 56.2 Å². The number of rotatable bonds is 13. The van der Waals surface area contributed by atoms with E-state index in [1.165, 1.54) is 27.8 Å². The SMILES string of the molecule is CCC(CC)C(=O)/C=C(\O)C(CC)CC.CCC(CC)c1cc(-c2nccc3cc(-c4ccc([Si](C)(C)C)cc4C)oc23)[c-]c2ccccc12.[Ir]. The number of benzene rings is 3. The van der Waals surface area contributed by atoms with Crippen molar-refractivity contribution in [2.24, 2.45) is 11.8 Å². The van der Waals surface area contributed by atoms with E-state index >= 15 is 0 Å². The van der Waals surface area contributed by atoms with Crippen LogP contribution in [0.5, 0.6) is 0 Å². The van der Waals surface area contributed by atoms with Crippen molar-refractivity contribution in [3.63, 3.8) is 0 Å². The van der Waals surface area contributed by atoms with Gasteiger partial charge in [-0.1, -0.05) is 127 Å². The molecular formula is C45H58IrNO3Si-. The van der Waals surface area contributed by atoms with Crippen molar-refractivity contribution in [2.75, 3.05) is 0 Å². The predicted molar refractivity (Wildman–Crippen MR) is 216 cm³/mol. The number of aliphatic hydroxyl groups is 1. The number of allylic oxidation sites excluding steroid dienone is 2. The molecular weight excluding hydrogens is 823 g/mol. The Bertz CT molecular complexity index is 1920. The second-order valence-corrected chi connectivity index (χ2v) is 19.7. The average molecular weight is 881 g/mol. The van der Waals surface area contributed by atoms with Crippen molar-refractivity contribution < 1.29 is 34.4 Å². The first-order valence-corrected chi connectivity index (χ1v) is 22.3. The topological polar surface area (TPSA) is 63.3 Å². The van der Waals surface area contributed by atoms with Crippen LogP contribution in [0.2, 0.25) is 19.6 Å². The maximum atomic E-state index is 11.7. The van der Waals surface area contributed by atoms with E-state index in [1.807, 2.05) is 40.0 Å². The van der Waals surface area contributed by atoms with E-state index in [1.54, 1.807) is 0 Å². The molecule has 0 unspecified atom stereocenters. The third-order valence-electron chi connectivity index (χ3n) is 10.4. The third kappa shape index (κ3) is 9.97. The largest absolute Gasteiger partial charge is 0.512 e. The van der Waals surface area contributed by atoms with Crippen LogP contribution in [0.3, 0.4) is 0 Å². The van der Waals surface area contributed by atoms with Gasteiger partial charge in [0.1, 0.15) is 11.3 Å². The number of aliphatic hydroxyl groups excluding tert-OH is 1. The van der Waals surface area contributed by atoms with Crippen LogP contribution < -0.4 is 5.19 Å². The molecule has 0 spiro atoms. The van der Waals surface area contributed by atoms with Gasteiger partial charge >= 0.3 is 0 Å². The molecule has 4 nitrogen and oxygen atoms in total. The normalized spacial score (nSPS) is 12.1. The van der Waals surface area contributed by atoms with Crippen LogP contribution in [-0.4, -0.2) is 23.9 Å². The smallest absolute Gasteiger partial charge is 0.162 e. The Hall–Kier alpha value is -3.31. The second-order valence-electron chi connectivity index (χ2n) is 14.7. The van der Waals surface area contributed by atoms with E-state index in [9.17, 15) is 9.90 Å². The number of hydrogen-bond donors (Lipinski definition) is 1. The molecule has 3 aromatic carbocycles. The molecule has 0 aliphatic heterocycles. The van der Waals surface area contributed by atoms with Gasteiger partial charge in [-0.15, -0.1) is 29.1 Å². The maximum absolute atomic E-state index is 11.7. The summed E-state index contributed by atoms with van der Waals surface area (Å²) in [5.41, 5.74) is 6.48. The van der Waals surface area contributed by atoms with Crippen molar-refractivity contribution in [3.05, 3.63) is 95.9 Å². The van der Waals surface area contributed by atoms with E-state index < -0.39 is 8.07 Å². The van der Waals surface area contributed by atoms with Crippen LogP contribution in [0, 0.1) is 24.8 Å². The molecule has 2 heterocycles. The number of carbonyl (C=O) groups is 1. The van der Waals surface area contributed by atoms with Crippen LogP contribution in [0.4, 0.5) is 0 Å². The van der Waals surface area contributed by atoms with E-state index in [0.29, 0.717) is 5.92 Å². The number of ketones is 1. The van der Waals surface area contributed by atoms with Crippen molar-refractivity contribution >= 4 is 40.8 Å². The number of nitrogens with zero attached hydrogens (tertiary/aromatic N) is 1.